The summed E-state index contributed by atoms with van der Waals surface area (Å²) in [6, 6.07) is 3.19. The Morgan fingerprint density at radius 3 is 2.64 bits per heavy atom. The number of piperidine rings is 1. The van der Waals surface area contributed by atoms with Crippen LogP contribution in [0, 0.1) is 13.8 Å². The highest BCUT2D eigenvalue weighted by Crippen LogP contribution is 2.25. The number of hydrogen-bond acceptors (Lipinski definition) is 5. The first-order valence-electron chi connectivity index (χ1n) is 8.55. The van der Waals surface area contributed by atoms with Gasteiger partial charge in [0.2, 0.25) is 0 Å². The minimum absolute atomic E-state index is 0.172. The van der Waals surface area contributed by atoms with Crippen LogP contribution in [0.25, 0.3) is 6.20 Å². The second kappa shape index (κ2) is 6.93. The molecule has 0 aromatic carbocycles. The summed E-state index contributed by atoms with van der Waals surface area (Å²) in [4.78, 5) is 14.2. The van der Waals surface area contributed by atoms with Gasteiger partial charge in [0.15, 0.2) is 0 Å². The smallest absolute Gasteiger partial charge is 0.266 e. The molecule has 7 heteroatoms. The highest BCUT2D eigenvalue weighted by atomic mass is 16.3. The van der Waals surface area contributed by atoms with Crippen molar-refractivity contribution in [2.75, 3.05) is 13.1 Å². The zero-order valence-electron chi connectivity index (χ0n) is 14.9. The summed E-state index contributed by atoms with van der Waals surface area (Å²) in [5.74, 6) is 0. The lowest BCUT2D eigenvalue weighted by molar-refractivity contribution is -0.0390. The largest absolute Gasteiger partial charge is 0.388 e. The van der Waals surface area contributed by atoms with Crippen LogP contribution < -0.4 is 5.56 Å². The number of aryl methyl sites for hydroxylation is 2. The predicted octanol–water partition coefficient (Wildman–Crippen LogP) is 1.18. The Labute approximate surface area is 147 Å². The molecule has 0 bridgehead atoms. The highest BCUT2D eigenvalue weighted by molar-refractivity contribution is 5.23. The lowest BCUT2D eigenvalue weighted by Gasteiger charge is -2.38. The third-order valence-corrected chi connectivity index (χ3v) is 4.83. The van der Waals surface area contributed by atoms with Crippen molar-refractivity contribution in [1.82, 2.24) is 24.5 Å². The Balaban J connectivity index is 1.62. The van der Waals surface area contributed by atoms with Crippen LogP contribution in [0.1, 0.15) is 29.8 Å². The van der Waals surface area contributed by atoms with E-state index < -0.39 is 5.60 Å². The first-order chi connectivity index (χ1) is 11.9. The van der Waals surface area contributed by atoms with Gasteiger partial charge in [0.1, 0.15) is 0 Å². The minimum atomic E-state index is -0.887. The molecule has 25 heavy (non-hydrogen) atoms. The molecule has 0 saturated carbocycles. The van der Waals surface area contributed by atoms with Crippen molar-refractivity contribution < 1.29 is 5.11 Å². The fourth-order valence-corrected chi connectivity index (χ4v) is 3.24. The molecule has 0 aliphatic carbocycles. The lowest BCUT2D eigenvalue weighted by Crippen LogP contribution is -2.48. The Bertz CT molecular complexity index is 815. The maximum atomic E-state index is 11.9. The first kappa shape index (κ1) is 17.6. The van der Waals surface area contributed by atoms with Gasteiger partial charge in [-0.15, -0.1) is 0 Å². The summed E-state index contributed by atoms with van der Waals surface area (Å²) in [5, 5.41) is 19.5. The molecule has 1 fully saturated rings. The van der Waals surface area contributed by atoms with Crippen molar-refractivity contribution >= 4 is 6.20 Å². The van der Waals surface area contributed by atoms with E-state index in [9.17, 15) is 9.90 Å². The zero-order chi connectivity index (χ0) is 18.0. The molecule has 0 atom stereocenters. The van der Waals surface area contributed by atoms with E-state index in [2.05, 4.69) is 21.7 Å². The van der Waals surface area contributed by atoms with E-state index in [1.165, 1.54) is 16.3 Å². The van der Waals surface area contributed by atoms with Crippen molar-refractivity contribution in [3.8, 4) is 0 Å². The topological polar surface area (TPSA) is 76.2 Å². The number of nitrogens with zero attached hydrogens (tertiary/aromatic N) is 5. The average Bonchev–Trinajstić information content (AvgIpc) is 2.93. The van der Waals surface area contributed by atoms with E-state index >= 15 is 0 Å². The van der Waals surface area contributed by atoms with Crippen molar-refractivity contribution in [3.63, 3.8) is 0 Å². The fourth-order valence-electron chi connectivity index (χ4n) is 3.24. The first-order valence-corrected chi connectivity index (χ1v) is 8.55. The molecule has 3 rings (SSSR count). The van der Waals surface area contributed by atoms with Gasteiger partial charge in [-0.05, 0) is 32.8 Å². The highest BCUT2D eigenvalue weighted by Gasteiger charge is 2.33. The lowest BCUT2D eigenvalue weighted by atomic mass is 9.91. The van der Waals surface area contributed by atoms with Crippen LogP contribution in [0.15, 0.2) is 29.7 Å². The zero-order valence-corrected chi connectivity index (χ0v) is 14.9. The molecule has 0 radical (unpaired) electrons. The van der Waals surface area contributed by atoms with E-state index in [0.717, 1.165) is 31.0 Å². The fraction of sp³-hybridized carbons (Fsp3) is 0.500. The van der Waals surface area contributed by atoms with Gasteiger partial charge >= 0.3 is 0 Å². The molecule has 1 saturated heterocycles. The van der Waals surface area contributed by atoms with Gasteiger partial charge in [0.25, 0.3) is 5.56 Å². The summed E-state index contributed by atoms with van der Waals surface area (Å²) >= 11 is 0. The molecule has 134 valence electrons. The van der Waals surface area contributed by atoms with Crippen molar-refractivity contribution in [2.45, 2.75) is 45.4 Å². The monoisotopic (exact) mass is 343 g/mol. The summed E-state index contributed by atoms with van der Waals surface area (Å²) in [5.41, 5.74) is 1.88. The minimum Gasteiger partial charge on any atom is -0.388 e. The molecule has 2 aromatic rings. The van der Waals surface area contributed by atoms with Crippen LogP contribution in [-0.4, -0.2) is 48.3 Å². The summed E-state index contributed by atoms with van der Waals surface area (Å²) in [7, 11) is 0. The molecule has 3 heterocycles. The molecule has 0 spiro atoms. The van der Waals surface area contributed by atoms with Crippen LogP contribution in [0.3, 0.4) is 0 Å². The van der Waals surface area contributed by atoms with E-state index in [-0.39, 0.29) is 12.1 Å². The second-order valence-electron chi connectivity index (χ2n) is 6.87. The van der Waals surface area contributed by atoms with Crippen LogP contribution >= 0.6 is 0 Å². The quantitative estimate of drug-likeness (QED) is 0.882. The van der Waals surface area contributed by atoms with Gasteiger partial charge in [0, 0.05) is 43.7 Å². The number of likely N-dealkylation sites (tertiary alicyclic amines) is 1. The summed E-state index contributed by atoms with van der Waals surface area (Å²) in [6.45, 7) is 10.2. The molecular formula is C18H25N5O2. The van der Waals surface area contributed by atoms with E-state index in [1.807, 2.05) is 20.0 Å². The van der Waals surface area contributed by atoms with Crippen molar-refractivity contribution in [3.05, 3.63) is 52.2 Å². The summed E-state index contributed by atoms with van der Waals surface area (Å²) < 4.78 is 3.10. The van der Waals surface area contributed by atoms with E-state index in [0.29, 0.717) is 12.8 Å². The Kier molecular flexibility index (Phi) is 4.87. The normalized spacial score (nSPS) is 17.6. The summed E-state index contributed by atoms with van der Waals surface area (Å²) in [6.07, 6.45) is 4.89. The van der Waals surface area contributed by atoms with Gasteiger partial charge in [0.05, 0.1) is 23.5 Å². The number of rotatable bonds is 5. The van der Waals surface area contributed by atoms with Gasteiger partial charge in [-0.1, -0.05) is 6.58 Å². The SMILES string of the molecule is C=Cn1cc(CN2CCC(O)(Cn3nc(C)ccc3=O)CC2)c(C)n1. The third-order valence-electron chi connectivity index (χ3n) is 4.83. The van der Waals surface area contributed by atoms with E-state index in [1.54, 1.807) is 16.9 Å². The van der Waals surface area contributed by atoms with Crippen LogP contribution in [0.5, 0.6) is 0 Å². The maximum absolute atomic E-state index is 11.9. The molecule has 0 unspecified atom stereocenters. The molecule has 7 nitrogen and oxygen atoms in total. The Hall–Kier alpha value is -2.25. The third kappa shape index (κ3) is 4.05. The maximum Gasteiger partial charge on any atom is 0.266 e. The molecule has 2 aromatic heterocycles. The number of hydrogen-bond donors (Lipinski definition) is 1. The van der Waals surface area contributed by atoms with Crippen molar-refractivity contribution in [2.24, 2.45) is 0 Å². The average molecular weight is 343 g/mol. The number of aromatic nitrogens is 4. The second-order valence-corrected chi connectivity index (χ2v) is 6.87. The molecule has 0 amide bonds. The Morgan fingerprint density at radius 2 is 2.00 bits per heavy atom. The van der Waals surface area contributed by atoms with Crippen LogP contribution in [-0.2, 0) is 13.1 Å². The standard InChI is InChI=1S/C18H25N5O2/c1-4-22-12-16(15(3)20-22)11-21-9-7-18(25,8-10-21)13-23-17(24)6-5-14(2)19-23/h4-6,12,25H,1,7-11,13H2,2-3H3. The van der Waals surface area contributed by atoms with Crippen LogP contribution in [0.2, 0.25) is 0 Å². The Morgan fingerprint density at radius 1 is 1.28 bits per heavy atom. The van der Waals surface area contributed by atoms with Gasteiger partial charge in [-0.2, -0.15) is 10.2 Å². The van der Waals surface area contributed by atoms with E-state index in [4.69, 9.17) is 0 Å². The van der Waals surface area contributed by atoms with Gasteiger partial charge < -0.3 is 5.11 Å². The number of aliphatic hydroxyl groups is 1. The van der Waals surface area contributed by atoms with Gasteiger partial charge in [-0.3, -0.25) is 9.69 Å². The predicted molar refractivity (Wildman–Crippen MR) is 96.0 cm³/mol. The molecule has 1 aliphatic rings. The van der Waals surface area contributed by atoms with Gasteiger partial charge in [-0.25, -0.2) is 9.36 Å². The molecule has 1 aliphatic heterocycles. The van der Waals surface area contributed by atoms with Crippen LogP contribution in [0.4, 0.5) is 0 Å². The van der Waals surface area contributed by atoms with Crippen molar-refractivity contribution in [1.29, 1.82) is 0 Å². The molecular weight excluding hydrogens is 318 g/mol. The molecule has 1 N–H and O–H groups in total.